The summed E-state index contributed by atoms with van der Waals surface area (Å²) < 4.78 is 10.9. The van der Waals surface area contributed by atoms with E-state index in [1.54, 1.807) is 6.07 Å². The molecule has 21 heavy (non-hydrogen) atoms. The Hall–Kier alpha value is -2.49. The molecule has 0 spiro atoms. The fourth-order valence-corrected chi connectivity index (χ4v) is 2.53. The maximum Gasteiger partial charge on any atom is 0.231 e. The molecule has 0 saturated heterocycles. The van der Waals surface area contributed by atoms with Crippen molar-refractivity contribution in [3.05, 3.63) is 41.5 Å². The van der Waals surface area contributed by atoms with Crippen LogP contribution in [0.15, 0.2) is 30.3 Å². The van der Waals surface area contributed by atoms with Crippen molar-refractivity contribution in [2.45, 2.75) is 19.8 Å². The lowest BCUT2D eigenvalue weighted by Crippen LogP contribution is -1.98. The average Bonchev–Trinajstić information content (AvgIpc) is 2.93. The normalized spacial score (nSPS) is 12.7. The molecule has 1 aliphatic heterocycles. The summed E-state index contributed by atoms with van der Waals surface area (Å²) in [4.78, 5) is 11.4. The smallest absolute Gasteiger partial charge is 0.231 e. The van der Waals surface area contributed by atoms with Gasteiger partial charge in [-0.25, -0.2) is 0 Å². The van der Waals surface area contributed by atoms with Crippen LogP contribution in [0, 0.1) is 0 Å². The highest BCUT2D eigenvalue weighted by molar-refractivity contribution is 5.98. The lowest BCUT2D eigenvalue weighted by Gasteiger charge is -2.13. The van der Waals surface area contributed by atoms with Gasteiger partial charge in [-0.05, 0) is 17.0 Å². The quantitative estimate of drug-likeness (QED) is 0.690. The molecule has 4 heteroatoms. The van der Waals surface area contributed by atoms with Gasteiger partial charge in [-0.3, -0.25) is 4.79 Å². The Bertz CT molecular complexity index is 690. The number of hydrogen-bond donors (Lipinski definition) is 1. The summed E-state index contributed by atoms with van der Waals surface area (Å²) in [6, 6.07) is 9.72. The molecule has 2 N–H and O–H groups in total. The van der Waals surface area contributed by atoms with Crippen LogP contribution in [0.25, 0.3) is 11.1 Å². The lowest BCUT2D eigenvalue weighted by atomic mass is 9.94. The van der Waals surface area contributed by atoms with Gasteiger partial charge in [0.15, 0.2) is 17.8 Å². The summed E-state index contributed by atoms with van der Waals surface area (Å²) in [5.41, 5.74) is 9.64. The van der Waals surface area contributed by atoms with Crippen LogP contribution in [0.4, 0.5) is 5.69 Å². The van der Waals surface area contributed by atoms with E-state index in [9.17, 15) is 4.79 Å². The molecule has 2 aromatic rings. The number of nitrogens with two attached hydrogens (primary N) is 1. The first kappa shape index (κ1) is 13.5. The molecule has 3 rings (SSSR count). The number of carbonyl (C=O) groups excluding carboxylic acids is 1. The Labute approximate surface area is 123 Å². The van der Waals surface area contributed by atoms with Crippen LogP contribution in [0.3, 0.4) is 0 Å². The van der Waals surface area contributed by atoms with Crippen LogP contribution >= 0.6 is 0 Å². The van der Waals surface area contributed by atoms with Gasteiger partial charge < -0.3 is 15.2 Å². The van der Waals surface area contributed by atoms with Crippen molar-refractivity contribution in [2.75, 3.05) is 12.5 Å². The van der Waals surface area contributed by atoms with Gasteiger partial charge in [0.25, 0.3) is 0 Å². The highest BCUT2D eigenvalue weighted by Gasteiger charge is 2.24. The van der Waals surface area contributed by atoms with E-state index in [1.807, 2.05) is 12.1 Å². The SMILES string of the molecule is CC(C)c1ccc(-c2c(C=O)c(N)cc3c2OCO3)cc1. The average molecular weight is 283 g/mol. The van der Waals surface area contributed by atoms with Crippen LogP contribution in [0.1, 0.15) is 35.7 Å². The molecule has 2 aromatic carbocycles. The van der Waals surface area contributed by atoms with Crippen molar-refractivity contribution in [1.29, 1.82) is 0 Å². The van der Waals surface area contributed by atoms with Gasteiger partial charge in [0.2, 0.25) is 6.79 Å². The Morgan fingerprint density at radius 1 is 1.19 bits per heavy atom. The molecule has 0 unspecified atom stereocenters. The van der Waals surface area contributed by atoms with Crippen molar-refractivity contribution in [1.82, 2.24) is 0 Å². The zero-order valence-electron chi connectivity index (χ0n) is 12.1. The number of benzene rings is 2. The van der Waals surface area contributed by atoms with E-state index in [1.165, 1.54) is 5.56 Å². The van der Waals surface area contributed by atoms with E-state index in [2.05, 4.69) is 26.0 Å². The minimum absolute atomic E-state index is 0.147. The predicted octanol–water partition coefficient (Wildman–Crippen LogP) is 3.60. The van der Waals surface area contributed by atoms with Gasteiger partial charge in [-0.15, -0.1) is 0 Å². The van der Waals surface area contributed by atoms with Gasteiger partial charge in [-0.2, -0.15) is 0 Å². The molecule has 0 aromatic heterocycles. The number of anilines is 1. The van der Waals surface area contributed by atoms with E-state index in [4.69, 9.17) is 15.2 Å². The Morgan fingerprint density at radius 2 is 1.90 bits per heavy atom. The number of carbonyl (C=O) groups is 1. The summed E-state index contributed by atoms with van der Waals surface area (Å²) in [6.07, 6.45) is 0.767. The lowest BCUT2D eigenvalue weighted by molar-refractivity contribution is 0.112. The van der Waals surface area contributed by atoms with E-state index in [0.29, 0.717) is 34.2 Å². The van der Waals surface area contributed by atoms with Crippen molar-refractivity contribution >= 4 is 12.0 Å². The zero-order valence-corrected chi connectivity index (χ0v) is 12.1. The van der Waals surface area contributed by atoms with Crippen LogP contribution in [-0.2, 0) is 0 Å². The third-order valence-electron chi connectivity index (χ3n) is 3.72. The van der Waals surface area contributed by atoms with Crippen LogP contribution in [-0.4, -0.2) is 13.1 Å². The first-order valence-corrected chi connectivity index (χ1v) is 6.89. The number of fused-ring (bicyclic) bond motifs is 1. The molecule has 0 amide bonds. The highest BCUT2D eigenvalue weighted by atomic mass is 16.7. The zero-order chi connectivity index (χ0) is 15.0. The Morgan fingerprint density at radius 3 is 2.52 bits per heavy atom. The van der Waals surface area contributed by atoms with Crippen LogP contribution < -0.4 is 15.2 Å². The van der Waals surface area contributed by atoms with Crippen LogP contribution in [0.2, 0.25) is 0 Å². The van der Waals surface area contributed by atoms with Crippen molar-refractivity contribution < 1.29 is 14.3 Å². The first-order chi connectivity index (χ1) is 10.1. The van der Waals surface area contributed by atoms with E-state index in [-0.39, 0.29) is 6.79 Å². The second kappa shape index (κ2) is 5.13. The number of rotatable bonds is 3. The first-order valence-electron chi connectivity index (χ1n) is 6.89. The third kappa shape index (κ3) is 2.23. The van der Waals surface area contributed by atoms with Crippen molar-refractivity contribution in [3.63, 3.8) is 0 Å². The fourth-order valence-electron chi connectivity index (χ4n) is 2.53. The molecule has 0 aliphatic carbocycles. The standard InChI is InChI=1S/C17H17NO3/c1-10(2)11-3-5-12(6-4-11)16-13(8-19)14(18)7-15-17(16)21-9-20-15/h3-8,10H,9,18H2,1-2H3. The molecule has 0 saturated carbocycles. The topological polar surface area (TPSA) is 61.6 Å². The van der Waals surface area contributed by atoms with E-state index in [0.717, 1.165) is 11.8 Å². The molecular weight excluding hydrogens is 266 g/mol. The number of aldehydes is 1. The maximum atomic E-state index is 11.4. The van der Waals surface area contributed by atoms with Gasteiger partial charge >= 0.3 is 0 Å². The summed E-state index contributed by atoms with van der Waals surface area (Å²) in [6.45, 7) is 4.43. The van der Waals surface area contributed by atoms with Gasteiger partial charge in [-0.1, -0.05) is 38.1 Å². The largest absolute Gasteiger partial charge is 0.453 e. The minimum atomic E-state index is 0.147. The molecule has 0 bridgehead atoms. The maximum absolute atomic E-state index is 11.4. The molecule has 4 nitrogen and oxygen atoms in total. The number of hydrogen-bond acceptors (Lipinski definition) is 4. The molecule has 0 radical (unpaired) electrons. The Balaban J connectivity index is 2.19. The summed E-state index contributed by atoms with van der Waals surface area (Å²) in [7, 11) is 0. The van der Waals surface area contributed by atoms with E-state index < -0.39 is 0 Å². The molecular formula is C17H17NO3. The minimum Gasteiger partial charge on any atom is -0.453 e. The van der Waals surface area contributed by atoms with E-state index >= 15 is 0 Å². The predicted molar refractivity (Wildman–Crippen MR) is 81.9 cm³/mol. The van der Waals surface area contributed by atoms with Gasteiger partial charge in [0.05, 0.1) is 0 Å². The molecule has 0 fully saturated rings. The fraction of sp³-hybridized carbons (Fsp3) is 0.235. The summed E-state index contributed by atoms with van der Waals surface area (Å²) in [5, 5.41) is 0. The van der Waals surface area contributed by atoms with Crippen LogP contribution in [0.5, 0.6) is 11.5 Å². The molecule has 1 heterocycles. The molecule has 108 valence electrons. The molecule has 0 atom stereocenters. The summed E-state index contributed by atoms with van der Waals surface area (Å²) in [5.74, 6) is 1.63. The summed E-state index contributed by atoms with van der Waals surface area (Å²) >= 11 is 0. The Kier molecular flexibility index (Phi) is 3.29. The molecule has 1 aliphatic rings. The van der Waals surface area contributed by atoms with Crippen molar-refractivity contribution in [3.8, 4) is 22.6 Å². The number of nitrogen functional groups attached to an aromatic ring is 1. The van der Waals surface area contributed by atoms with Crippen molar-refractivity contribution in [2.24, 2.45) is 0 Å². The monoisotopic (exact) mass is 283 g/mol. The number of ether oxygens (including phenoxy) is 2. The highest BCUT2D eigenvalue weighted by Crippen LogP contribution is 2.45. The second-order valence-electron chi connectivity index (χ2n) is 5.38. The third-order valence-corrected chi connectivity index (χ3v) is 3.72. The van der Waals surface area contributed by atoms with Gasteiger partial charge in [0.1, 0.15) is 0 Å². The second-order valence-corrected chi connectivity index (χ2v) is 5.38. The van der Waals surface area contributed by atoms with Gasteiger partial charge in [0, 0.05) is 22.9 Å².